The van der Waals surface area contributed by atoms with Gasteiger partial charge in [-0.1, -0.05) is 12.8 Å². The van der Waals surface area contributed by atoms with Crippen molar-refractivity contribution in [3.63, 3.8) is 0 Å². The molecule has 0 saturated heterocycles. The van der Waals surface area contributed by atoms with E-state index in [1.54, 1.807) is 0 Å². The molecular formula is C16H18F2N4O4S. The van der Waals surface area contributed by atoms with E-state index in [9.17, 15) is 27.1 Å². The van der Waals surface area contributed by atoms with Crippen LogP contribution in [0.3, 0.4) is 0 Å². The molecule has 0 radical (unpaired) electrons. The van der Waals surface area contributed by atoms with Crippen molar-refractivity contribution >= 4 is 21.6 Å². The Morgan fingerprint density at radius 1 is 1.33 bits per heavy atom. The third-order valence-corrected chi connectivity index (χ3v) is 5.38. The lowest BCUT2D eigenvalue weighted by Gasteiger charge is -2.16. The maximum absolute atomic E-state index is 13.4. The summed E-state index contributed by atoms with van der Waals surface area (Å²) in [5.74, 6) is -1.57. The maximum atomic E-state index is 13.4. The molecule has 146 valence electrons. The van der Waals surface area contributed by atoms with E-state index < -0.39 is 33.5 Å². The number of carbonyl (C=O) groups is 1. The fraction of sp³-hybridized carbons (Fsp3) is 0.438. The van der Waals surface area contributed by atoms with Gasteiger partial charge >= 0.3 is 5.97 Å². The zero-order valence-corrected chi connectivity index (χ0v) is 15.2. The Bertz CT molecular complexity index is 952. The second-order valence-corrected chi connectivity index (χ2v) is 8.34. The molecule has 27 heavy (non-hydrogen) atoms. The molecule has 1 saturated carbocycles. The summed E-state index contributed by atoms with van der Waals surface area (Å²) in [6.07, 6.45) is 2.57. The fourth-order valence-corrected chi connectivity index (χ4v) is 3.66. The van der Waals surface area contributed by atoms with Gasteiger partial charge in [0.2, 0.25) is 0 Å². The number of alkyl halides is 2. The quantitative estimate of drug-likeness (QED) is 0.766. The summed E-state index contributed by atoms with van der Waals surface area (Å²) in [5, 5.41) is 16.1. The summed E-state index contributed by atoms with van der Waals surface area (Å²) in [4.78, 5) is 15.4. The van der Waals surface area contributed by atoms with Gasteiger partial charge in [-0.2, -0.15) is 5.10 Å². The number of nitrogens with zero attached hydrogens (tertiary/aromatic N) is 3. The van der Waals surface area contributed by atoms with E-state index in [2.05, 4.69) is 15.4 Å². The Kier molecular flexibility index (Phi) is 5.13. The van der Waals surface area contributed by atoms with E-state index in [0.29, 0.717) is 0 Å². The first-order chi connectivity index (χ1) is 12.7. The van der Waals surface area contributed by atoms with E-state index in [0.717, 1.165) is 42.8 Å². The molecule has 0 unspecified atom stereocenters. The molecule has 1 fully saturated rings. The van der Waals surface area contributed by atoms with Crippen LogP contribution in [-0.2, 0) is 9.84 Å². The number of rotatable bonds is 6. The van der Waals surface area contributed by atoms with E-state index in [-0.39, 0.29) is 22.6 Å². The predicted octanol–water partition coefficient (Wildman–Crippen LogP) is 2.66. The van der Waals surface area contributed by atoms with Crippen molar-refractivity contribution in [3.05, 3.63) is 29.6 Å². The smallest absolute Gasteiger partial charge is 0.341 e. The highest BCUT2D eigenvalue weighted by atomic mass is 32.2. The summed E-state index contributed by atoms with van der Waals surface area (Å²) >= 11 is 0. The minimum atomic E-state index is -3.53. The Labute approximate surface area is 154 Å². The number of halogens is 2. The average molecular weight is 400 g/mol. The van der Waals surface area contributed by atoms with Gasteiger partial charge in [-0.3, -0.25) is 0 Å². The molecule has 0 aliphatic heterocycles. The minimum absolute atomic E-state index is 0.0488. The molecule has 1 aliphatic carbocycles. The third kappa shape index (κ3) is 3.92. The van der Waals surface area contributed by atoms with Gasteiger partial charge in [0.05, 0.1) is 11.9 Å². The number of anilines is 1. The van der Waals surface area contributed by atoms with Crippen molar-refractivity contribution in [2.75, 3.05) is 11.6 Å². The first-order valence-corrected chi connectivity index (χ1v) is 10.1. The van der Waals surface area contributed by atoms with Gasteiger partial charge < -0.3 is 10.4 Å². The highest BCUT2D eigenvalue weighted by molar-refractivity contribution is 7.90. The average Bonchev–Trinajstić information content (AvgIpc) is 3.22. The molecule has 0 atom stereocenters. The van der Waals surface area contributed by atoms with Gasteiger partial charge in [-0.05, 0) is 25.0 Å². The molecule has 0 amide bonds. The lowest BCUT2D eigenvalue weighted by atomic mass is 10.2. The molecule has 2 aromatic rings. The topological polar surface area (TPSA) is 114 Å². The lowest BCUT2D eigenvalue weighted by molar-refractivity contribution is 0.0685. The number of hydrogen-bond acceptors (Lipinski definition) is 6. The second-order valence-electron chi connectivity index (χ2n) is 6.38. The molecule has 2 N–H and O–H groups in total. The van der Waals surface area contributed by atoms with E-state index in [4.69, 9.17) is 0 Å². The summed E-state index contributed by atoms with van der Waals surface area (Å²) in [6.45, 7) is 0. The van der Waals surface area contributed by atoms with E-state index in [1.165, 1.54) is 12.1 Å². The normalized spacial score (nSPS) is 15.4. The first kappa shape index (κ1) is 19.2. The Morgan fingerprint density at radius 3 is 2.48 bits per heavy atom. The Hall–Kier alpha value is -2.56. The van der Waals surface area contributed by atoms with Crippen molar-refractivity contribution in [2.24, 2.45) is 0 Å². The number of carboxylic acid groups (broad SMARTS) is 1. The number of aromatic carboxylic acids is 1. The van der Waals surface area contributed by atoms with Crippen LogP contribution in [0.25, 0.3) is 5.69 Å². The number of aromatic nitrogens is 3. The summed E-state index contributed by atoms with van der Waals surface area (Å²) < 4.78 is 50.9. The minimum Gasteiger partial charge on any atom is -0.477 e. The van der Waals surface area contributed by atoms with Crippen LogP contribution in [0.15, 0.2) is 23.4 Å². The third-order valence-electron chi connectivity index (χ3n) is 4.37. The molecule has 2 aromatic heterocycles. The van der Waals surface area contributed by atoms with Gasteiger partial charge in [0, 0.05) is 12.3 Å². The number of pyridine rings is 1. The largest absolute Gasteiger partial charge is 0.477 e. The predicted molar refractivity (Wildman–Crippen MR) is 92.3 cm³/mol. The van der Waals surface area contributed by atoms with Gasteiger partial charge in [0.1, 0.15) is 17.1 Å². The standard InChI is InChI=1S/C16H18F2N4O4S/c1-27(25,26)11-7-6-10(8-19-11)22-15(20-9-4-2-3-5-9)12(16(23)24)13(21-22)14(17)18/h6-9,14,20H,2-5H2,1H3,(H,23,24). The molecule has 11 heteroatoms. The van der Waals surface area contributed by atoms with Gasteiger partial charge in [0.25, 0.3) is 6.43 Å². The molecule has 2 heterocycles. The lowest BCUT2D eigenvalue weighted by Crippen LogP contribution is -2.19. The monoisotopic (exact) mass is 400 g/mol. The van der Waals surface area contributed by atoms with Crippen molar-refractivity contribution in [1.29, 1.82) is 0 Å². The van der Waals surface area contributed by atoms with Crippen molar-refractivity contribution < 1.29 is 27.1 Å². The second kappa shape index (κ2) is 7.22. The molecule has 3 rings (SSSR count). The van der Waals surface area contributed by atoms with Crippen LogP contribution in [0.5, 0.6) is 0 Å². The summed E-state index contributed by atoms with van der Waals surface area (Å²) in [7, 11) is -3.53. The SMILES string of the molecule is CS(=O)(=O)c1ccc(-n2nc(C(F)F)c(C(=O)O)c2NC2CCCC2)cn1. The van der Waals surface area contributed by atoms with Gasteiger partial charge in [0.15, 0.2) is 14.9 Å². The first-order valence-electron chi connectivity index (χ1n) is 8.26. The number of carboxylic acids is 1. The zero-order valence-electron chi connectivity index (χ0n) is 14.4. The molecule has 1 aliphatic rings. The van der Waals surface area contributed by atoms with E-state index >= 15 is 0 Å². The van der Waals surface area contributed by atoms with Crippen molar-refractivity contribution in [1.82, 2.24) is 14.8 Å². The Morgan fingerprint density at radius 2 is 2.00 bits per heavy atom. The van der Waals surface area contributed by atoms with Crippen LogP contribution in [0.1, 0.15) is 48.2 Å². The Balaban J connectivity index is 2.12. The molecule has 0 aromatic carbocycles. The van der Waals surface area contributed by atoms with E-state index in [1.807, 2.05) is 0 Å². The van der Waals surface area contributed by atoms with Crippen LogP contribution in [0.4, 0.5) is 14.6 Å². The highest BCUT2D eigenvalue weighted by Crippen LogP contribution is 2.32. The summed E-state index contributed by atoms with van der Waals surface area (Å²) in [5.41, 5.74) is -1.27. The van der Waals surface area contributed by atoms with Crippen LogP contribution in [0, 0.1) is 0 Å². The highest BCUT2D eigenvalue weighted by Gasteiger charge is 2.31. The number of nitrogens with one attached hydrogen (secondary N) is 1. The van der Waals surface area contributed by atoms with Crippen molar-refractivity contribution in [2.45, 2.75) is 43.2 Å². The van der Waals surface area contributed by atoms with Gasteiger partial charge in [-0.15, -0.1) is 0 Å². The van der Waals surface area contributed by atoms with Crippen molar-refractivity contribution in [3.8, 4) is 5.69 Å². The fourth-order valence-electron chi connectivity index (χ4n) is 3.10. The van der Waals surface area contributed by atoms with Crippen LogP contribution in [0.2, 0.25) is 0 Å². The molecule has 0 bridgehead atoms. The number of hydrogen-bond donors (Lipinski definition) is 2. The number of sulfone groups is 1. The zero-order chi connectivity index (χ0) is 19.8. The molecular weight excluding hydrogens is 382 g/mol. The van der Waals surface area contributed by atoms with Crippen LogP contribution >= 0.6 is 0 Å². The van der Waals surface area contributed by atoms with Crippen LogP contribution in [-0.4, -0.2) is 46.6 Å². The summed E-state index contributed by atoms with van der Waals surface area (Å²) in [6, 6.07) is 2.51. The molecule has 8 nitrogen and oxygen atoms in total. The maximum Gasteiger partial charge on any atom is 0.341 e. The molecule has 0 spiro atoms. The van der Waals surface area contributed by atoms with Gasteiger partial charge in [-0.25, -0.2) is 31.7 Å². The van der Waals surface area contributed by atoms with Crippen LogP contribution < -0.4 is 5.32 Å².